The molecule has 0 saturated heterocycles. The second-order valence-electron chi connectivity index (χ2n) is 5.31. The number of rotatable bonds is 2. The number of aliphatic hydroxyl groups excluding tert-OH is 1. The lowest BCUT2D eigenvalue weighted by molar-refractivity contribution is 0.429. The minimum atomic E-state index is -0.215. The van der Waals surface area contributed by atoms with Crippen LogP contribution in [0.4, 0.5) is 0 Å². The van der Waals surface area contributed by atoms with Gasteiger partial charge >= 0.3 is 0 Å². The van der Waals surface area contributed by atoms with E-state index in [9.17, 15) is 5.11 Å². The van der Waals surface area contributed by atoms with Crippen LogP contribution in [0.3, 0.4) is 0 Å². The van der Waals surface area contributed by atoms with Crippen LogP contribution in [-0.2, 0) is 0 Å². The third-order valence-electron chi connectivity index (χ3n) is 2.52. The van der Waals surface area contributed by atoms with Crippen molar-refractivity contribution in [1.29, 1.82) is 5.41 Å². The smallest absolute Gasteiger partial charge is 0.137 e. The number of hydrogen-bond acceptors (Lipinski definition) is 2. The highest BCUT2D eigenvalue weighted by atomic mass is 16.3. The summed E-state index contributed by atoms with van der Waals surface area (Å²) in [5, 5.41) is 17.7. The molecule has 0 fully saturated rings. The minimum Gasteiger partial charge on any atom is -0.506 e. The van der Waals surface area contributed by atoms with Gasteiger partial charge in [-0.2, -0.15) is 0 Å². The Morgan fingerprint density at radius 3 is 2.59 bits per heavy atom. The molecule has 0 amide bonds. The lowest BCUT2D eigenvalue weighted by Gasteiger charge is -2.12. The highest BCUT2D eigenvalue weighted by Gasteiger charge is 2.19. The first kappa shape index (κ1) is 13.5. The Hall–Kier alpha value is -1.57. The SMILES string of the molecule is CC(C)/C=C\C=C1\C=CC(C)(C)C=C(O)C1=N. The van der Waals surface area contributed by atoms with E-state index in [0.717, 1.165) is 5.57 Å². The zero-order valence-corrected chi connectivity index (χ0v) is 11.0. The van der Waals surface area contributed by atoms with Gasteiger partial charge in [0.25, 0.3) is 0 Å². The maximum Gasteiger partial charge on any atom is 0.137 e. The molecule has 0 aliphatic heterocycles. The van der Waals surface area contributed by atoms with E-state index in [1.165, 1.54) is 0 Å². The van der Waals surface area contributed by atoms with E-state index in [1.807, 2.05) is 38.2 Å². The van der Waals surface area contributed by atoms with Crippen molar-refractivity contribution < 1.29 is 5.11 Å². The van der Waals surface area contributed by atoms with Crippen molar-refractivity contribution in [3.05, 3.63) is 47.8 Å². The minimum absolute atomic E-state index is 0.0456. The number of hydrogen-bond donors (Lipinski definition) is 2. The third-order valence-corrected chi connectivity index (χ3v) is 2.52. The van der Waals surface area contributed by atoms with Gasteiger partial charge < -0.3 is 5.11 Å². The van der Waals surface area contributed by atoms with Crippen LogP contribution in [0, 0.1) is 16.7 Å². The Morgan fingerprint density at radius 2 is 2.00 bits per heavy atom. The molecule has 0 spiro atoms. The quantitative estimate of drug-likeness (QED) is 0.735. The normalized spacial score (nSPS) is 22.3. The molecule has 0 saturated carbocycles. The molecule has 0 heterocycles. The van der Waals surface area contributed by atoms with Crippen LogP contribution in [0.15, 0.2) is 47.8 Å². The van der Waals surface area contributed by atoms with Gasteiger partial charge in [0.15, 0.2) is 0 Å². The molecule has 0 atom stereocenters. The summed E-state index contributed by atoms with van der Waals surface area (Å²) in [6, 6.07) is 0. The summed E-state index contributed by atoms with van der Waals surface area (Å²) in [4.78, 5) is 0. The van der Waals surface area contributed by atoms with Crippen LogP contribution >= 0.6 is 0 Å². The molecule has 92 valence electrons. The molecule has 2 heteroatoms. The molecule has 0 aromatic heterocycles. The molecule has 0 aromatic rings. The van der Waals surface area contributed by atoms with Gasteiger partial charge in [0.05, 0.1) is 0 Å². The lowest BCUT2D eigenvalue weighted by atomic mass is 9.93. The molecule has 2 nitrogen and oxygen atoms in total. The standard InChI is InChI=1S/C15H21NO/c1-11(2)6-5-7-12-8-9-15(3,4)10-13(17)14(12)16/h5-11,16-17H,1-4H3/b6-5-,12-7-,16-14?. The zero-order valence-electron chi connectivity index (χ0n) is 11.0. The monoisotopic (exact) mass is 231 g/mol. The average molecular weight is 231 g/mol. The highest BCUT2D eigenvalue weighted by molar-refractivity contribution is 6.11. The van der Waals surface area contributed by atoms with E-state index >= 15 is 0 Å². The maximum absolute atomic E-state index is 9.80. The Balaban J connectivity index is 3.03. The lowest BCUT2D eigenvalue weighted by Crippen LogP contribution is -2.05. The molecular weight excluding hydrogens is 210 g/mol. The van der Waals surface area contributed by atoms with Crippen molar-refractivity contribution in [2.75, 3.05) is 0 Å². The average Bonchev–Trinajstić information content (AvgIpc) is 2.28. The molecular formula is C15H21NO. The van der Waals surface area contributed by atoms with Crippen molar-refractivity contribution in [3.63, 3.8) is 0 Å². The Kier molecular flexibility index (Phi) is 4.11. The van der Waals surface area contributed by atoms with Crippen molar-refractivity contribution in [2.45, 2.75) is 27.7 Å². The van der Waals surface area contributed by atoms with Crippen LogP contribution in [0.5, 0.6) is 0 Å². The summed E-state index contributed by atoms with van der Waals surface area (Å²) in [5.41, 5.74) is 0.703. The van der Waals surface area contributed by atoms with E-state index in [-0.39, 0.29) is 16.9 Å². The molecule has 1 rings (SSSR count). The van der Waals surface area contributed by atoms with Gasteiger partial charge in [-0.15, -0.1) is 0 Å². The fourth-order valence-corrected chi connectivity index (χ4v) is 1.53. The molecule has 0 radical (unpaired) electrons. The highest BCUT2D eigenvalue weighted by Crippen LogP contribution is 2.26. The van der Waals surface area contributed by atoms with Gasteiger partial charge in [0, 0.05) is 11.0 Å². The molecule has 0 aromatic carbocycles. The predicted octanol–water partition coefficient (Wildman–Crippen LogP) is 4.18. The predicted molar refractivity (Wildman–Crippen MR) is 73.4 cm³/mol. The molecule has 17 heavy (non-hydrogen) atoms. The first-order valence-corrected chi connectivity index (χ1v) is 5.91. The molecule has 0 bridgehead atoms. The van der Waals surface area contributed by atoms with Crippen LogP contribution in [0.25, 0.3) is 0 Å². The summed E-state index contributed by atoms with van der Waals surface area (Å²) in [5.74, 6) is 0.528. The summed E-state index contributed by atoms with van der Waals surface area (Å²) < 4.78 is 0. The Bertz CT molecular complexity index is 420. The second-order valence-corrected chi connectivity index (χ2v) is 5.31. The van der Waals surface area contributed by atoms with Gasteiger partial charge in [-0.3, -0.25) is 5.41 Å². The van der Waals surface area contributed by atoms with Gasteiger partial charge in [0.1, 0.15) is 11.5 Å². The molecule has 2 N–H and O–H groups in total. The van der Waals surface area contributed by atoms with E-state index in [1.54, 1.807) is 6.08 Å². The first-order chi connectivity index (χ1) is 7.82. The Morgan fingerprint density at radius 1 is 1.35 bits per heavy atom. The summed E-state index contributed by atoms with van der Waals surface area (Å²) in [6.45, 7) is 8.20. The van der Waals surface area contributed by atoms with Crippen LogP contribution in [0.2, 0.25) is 0 Å². The number of aliphatic hydroxyl groups is 1. The van der Waals surface area contributed by atoms with E-state index in [4.69, 9.17) is 5.41 Å². The zero-order chi connectivity index (χ0) is 13.1. The summed E-state index contributed by atoms with van der Waals surface area (Å²) >= 11 is 0. The van der Waals surface area contributed by atoms with Gasteiger partial charge in [-0.1, -0.05) is 58.1 Å². The van der Waals surface area contributed by atoms with Gasteiger partial charge in [-0.25, -0.2) is 0 Å². The first-order valence-electron chi connectivity index (χ1n) is 5.91. The second kappa shape index (κ2) is 5.17. The Labute approximate surface area is 104 Å². The van der Waals surface area contributed by atoms with Crippen LogP contribution in [-0.4, -0.2) is 10.8 Å². The molecule has 1 aliphatic carbocycles. The largest absolute Gasteiger partial charge is 0.506 e. The van der Waals surface area contributed by atoms with Crippen molar-refractivity contribution >= 4 is 5.71 Å². The third kappa shape index (κ3) is 4.06. The van der Waals surface area contributed by atoms with E-state index in [2.05, 4.69) is 19.9 Å². The van der Waals surface area contributed by atoms with Crippen molar-refractivity contribution in [1.82, 2.24) is 0 Å². The van der Waals surface area contributed by atoms with Crippen molar-refractivity contribution in [2.24, 2.45) is 11.3 Å². The van der Waals surface area contributed by atoms with Gasteiger partial charge in [-0.05, 0) is 12.0 Å². The summed E-state index contributed by atoms with van der Waals surface area (Å²) in [6.07, 6.45) is 11.5. The topological polar surface area (TPSA) is 44.1 Å². The fraction of sp³-hybridized carbons (Fsp3) is 0.400. The van der Waals surface area contributed by atoms with Gasteiger partial charge in [0.2, 0.25) is 0 Å². The van der Waals surface area contributed by atoms with Crippen LogP contribution in [0.1, 0.15) is 27.7 Å². The van der Waals surface area contributed by atoms with Crippen molar-refractivity contribution in [3.8, 4) is 0 Å². The van der Waals surface area contributed by atoms with E-state index < -0.39 is 0 Å². The molecule has 1 aliphatic rings. The maximum atomic E-state index is 9.80. The summed E-state index contributed by atoms with van der Waals surface area (Å²) in [7, 11) is 0. The number of nitrogens with one attached hydrogen (secondary N) is 1. The number of allylic oxidation sites excluding steroid dienone is 7. The van der Waals surface area contributed by atoms with E-state index in [0.29, 0.717) is 5.92 Å². The fourth-order valence-electron chi connectivity index (χ4n) is 1.53. The van der Waals surface area contributed by atoms with Crippen LogP contribution < -0.4 is 0 Å². The molecule has 0 unspecified atom stereocenters.